The molecule has 2 aliphatic rings. The van der Waals surface area contributed by atoms with Crippen LogP contribution in [0.15, 0.2) is 10.9 Å². The predicted octanol–water partition coefficient (Wildman–Crippen LogP) is -0.161. The smallest absolute Gasteiger partial charge is 0.251 e. The van der Waals surface area contributed by atoms with E-state index in [2.05, 4.69) is 23.8 Å². The summed E-state index contributed by atoms with van der Waals surface area (Å²) in [6.07, 6.45) is 2.88. The molecule has 5 nitrogen and oxygen atoms in total. The lowest BCUT2D eigenvalue weighted by Crippen LogP contribution is -3.14. The lowest BCUT2D eigenvalue weighted by Gasteiger charge is -2.32. The summed E-state index contributed by atoms with van der Waals surface area (Å²) in [5, 5.41) is 0. The van der Waals surface area contributed by atoms with E-state index in [1.54, 1.807) is 6.07 Å². The molecule has 19 heavy (non-hydrogen) atoms. The highest BCUT2D eigenvalue weighted by Crippen LogP contribution is 2.37. The van der Waals surface area contributed by atoms with Crippen molar-refractivity contribution in [3.63, 3.8) is 0 Å². The zero-order valence-electron chi connectivity index (χ0n) is 11.6. The summed E-state index contributed by atoms with van der Waals surface area (Å²) in [6, 6.07) is 1.64. The minimum Gasteiger partial charge on any atom is -0.364 e. The minimum atomic E-state index is -0.0133. The molecule has 0 amide bonds. The first-order valence-corrected chi connectivity index (χ1v) is 7.19. The van der Waals surface area contributed by atoms with Gasteiger partial charge in [-0.1, -0.05) is 0 Å². The molecule has 0 aromatic carbocycles. The van der Waals surface area contributed by atoms with Gasteiger partial charge in [-0.15, -0.1) is 0 Å². The lowest BCUT2D eigenvalue weighted by molar-refractivity contribution is -0.928. The Morgan fingerprint density at radius 3 is 2.68 bits per heavy atom. The zero-order chi connectivity index (χ0) is 13.4. The van der Waals surface area contributed by atoms with Gasteiger partial charge in [0.05, 0.1) is 0 Å². The first-order valence-electron chi connectivity index (χ1n) is 7.19. The van der Waals surface area contributed by atoms with E-state index in [1.807, 2.05) is 0 Å². The summed E-state index contributed by atoms with van der Waals surface area (Å²) in [4.78, 5) is 20.6. The molecule has 0 spiro atoms. The molecule has 2 heterocycles. The van der Waals surface area contributed by atoms with Crippen molar-refractivity contribution in [2.45, 2.75) is 51.4 Å². The Hall–Kier alpha value is -1.20. The van der Waals surface area contributed by atoms with Crippen LogP contribution >= 0.6 is 0 Å². The van der Waals surface area contributed by atoms with Crippen molar-refractivity contribution in [2.75, 3.05) is 13.1 Å². The van der Waals surface area contributed by atoms with Crippen LogP contribution in [-0.4, -0.2) is 35.3 Å². The number of nitrogens with one attached hydrogen (secondary N) is 2. The second-order valence-electron chi connectivity index (χ2n) is 5.99. The number of aromatic nitrogens is 2. The fourth-order valence-electron chi connectivity index (χ4n) is 2.96. The normalized spacial score (nSPS) is 31.4. The Morgan fingerprint density at radius 2 is 2.05 bits per heavy atom. The largest absolute Gasteiger partial charge is 0.364 e. The van der Waals surface area contributed by atoms with Gasteiger partial charge in [0.2, 0.25) is 0 Å². The molecule has 0 radical (unpaired) electrons. The third-order valence-corrected chi connectivity index (χ3v) is 3.83. The quantitative estimate of drug-likeness (QED) is 0.797. The second-order valence-corrected chi connectivity index (χ2v) is 5.99. The average molecular weight is 264 g/mol. The van der Waals surface area contributed by atoms with Gasteiger partial charge >= 0.3 is 0 Å². The van der Waals surface area contributed by atoms with Gasteiger partial charge in [0.15, 0.2) is 0 Å². The Kier molecular flexibility index (Phi) is 3.41. The summed E-state index contributed by atoms with van der Waals surface area (Å²) in [6.45, 7) is 7.00. The lowest BCUT2D eigenvalue weighted by atomic mass is 10.2. The maximum atomic E-state index is 11.7. The van der Waals surface area contributed by atoms with Crippen LogP contribution in [0, 0.1) is 0 Å². The van der Waals surface area contributed by atoms with Gasteiger partial charge in [-0.05, 0) is 26.7 Å². The zero-order valence-corrected chi connectivity index (χ0v) is 11.6. The van der Waals surface area contributed by atoms with Crippen LogP contribution in [0.3, 0.4) is 0 Å². The summed E-state index contributed by atoms with van der Waals surface area (Å²) in [5.74, 6) is 1.38. The van der Waals surface area contributed by atoms with E-state index in [1.165, 1.54) is 4.90 Å². The van der Waals surface area contributed by atoms with Gasteiger partial charge in [-0.2, -0.15) is 0 Å². The van der Waals surface area contributed by atoms with Gasteiger partial charge in [-0.25, -0.2) is 4.98 Å². The molecule has 1 aliphatic carbocycles. The first kappa shape index (κ1) is 12.8. The van der Waals surface area contributed by atoms with Crippen LogP contribution in [0.1, 0.15) is 44.1 Å². The molecule has 1 saturated heterocycles. The molecule has 1 saturated carbocycles. The molecule has 2 atom stereocenters. The predicted molar refractivity (Wildman–Crippen MR) is 71.2 cm³/mol. The third kappa shape index (κ3) is 3.22. The summed E-state index contributed by atoms with van der Waals surface area (Å²) >= 11 is 0. The summed E-state index contributed by atoms with van der Waals surface area (Å²) < 4.78 is 5.74. The van der Waals surface area contributed by atoms with Gasteiger partial charge in [0.1, 0.15) is 43.4 Å². The SMILES string of the molecule is C[C@@H]1C[NH+](Cc2cc(=O)[nH]c(C3CC3)n2)C[C@@H](C)O1. The van der Waals surface area contributed by atoms with Crippen molar-refractivity contribution in [3.8, 4) is 0 Å². The Balaban J connectivity index is 1.73. The van der Waals surface area contributed by atoms with E-state index in [0.29, 0.717) is 5.92 Å². The number of quaternary nitrogens is 1. The Morgan fingerprint density at radius 1 is 1.37 bits per heavy atom. The number of hydrogen-bond donors (Lipinski definition) is 2. The van der Waals surface area contributed by atoms with Crippen molar-refractivity contribution in [1.29, 1.82) is 0 Å². The summed E-state index contributed by atoms with van der Waals surface area (Å²) in [7, 11) is 0. The monoisotopic (exact) mass is 264 g/mol. The van der Waals surface area contributed by atoms with Crippen molar-refractivity contribution in [3.05, 3.63) is 27.9 Å². The van der Waals surface area contributed by atoms with E-state index in [0.717, 1.165) is 44.0 Å². The molecule has 104 valence electrons. The highest BCUT2D eigenvalue weighted by atomic mass is 16.5. The third-order valence-electron chi connectivity index (χ3n) is 3.83. The first-order chi connectivity index (χ1) is 9.10. The number of aromatic amines is 1. The molecule has 1 aliphatic heterocycles. The van der Waals surface area contributed by atoms with E-state index in [9.17, 15) is 4.79 Å². The molecule has 2 N–H and O–H groups in total. The van der Waals surface area contributed by atoms with Crippen molar-refractivity contribution < 1.29 is 9.64 Å². The van der Waals surface area contributed by atoms with Crippen LogP contribution in [0.5, 0.6) is 0 Å². The van der Waals surface area contributed by atoms with Crippen LogP contribution < -0.4 is 10.5 Å². The van der Waals surface area contributed by atoms with Gasteiger partial charge in [0.25, 0.3) is 5.56 Å². The van der Waals surface area contributed by atoms with Crippen LogP contribution in [-0.2, 0) is 11.3 Å². The van der Waals surface area contributed by atoms with Crippen LogP contribution in [0.4, 0.5) is 0 Å². The molecular formula is C14H22N3O2+. The van der Waals surface area contributed by atoms with Gasteiger partial charge in [0, 0.05) is 12.0 Å². The molecule has 2 fully saturated rings. The van der Waals surface area contributed by atoms with Gasteiger partial charge in [-0.3, -0.25) is 4.79 Å². The molecule has 1 aromatic rings. The Labute approximate surface area is 113 Å². The second kappa shape index (κ2) is 5.06. The highest BCUT2D eigenvalue weighted by molar-refractivity contribution is 5.09. The standard InChI is InChI=1S/C14H21N3O2/c1-9-6-17(7-10(2)19-9)8-12-5-13(18)16-14(15-12)11-3-4-11/h5,9-11H,3-4,6-8H2,1-2H3,(H,15,16,18)/p+1/t9-,10-/m1/s1. The summed E-state index contributed by atoms with van der Waals surface area (Å²) in [5.41, 5.74) is 0.905. The maximum absolute atomic E-state index is 11.7. The number of hydrogen-bond acceptors (Lipinski definition) is 3. The number of nitrogens with zero attached hydrogens (tertiary/aromatic N) is 1. The maximum Gasteiger partial charge on any atom is 0.251 e. The van der Waals surface area contributed by atoms with E-state index in [-0.39, 0.29) is 17.8 Å². The van der Waals surface area contributed by atoms with Crippen molar-refractivity contribution >= 4 is 0 Å². The molecule has 3 rings (SSSR count). The molecule has 1 aromatic heterocycles. The van der Waals surface area contributed by atoms with Crippen LogP contribution in [0.25, 0.3) is 0 Å². The molecule has 0 unspecified atom stereocenters. The van der Waals surface area contributed by atoms with Crippen LogP contribution in [0.2, 0.25) is 0 Å². The fourth-order valence-corrected chi connectivity index (χ4v) is 2.96. The molecular weight excluding hydrogens is 242 g/mol. The number of ether oxygens (including phenoxy) is 1. The molecule has 0 bridgehead atoms. The van der Waals surface area contributed by atoms with E-state index in [4.69, 9.17) is 4.74 Å². The fraction of sp³-hybridized carbons (Fsp3) is 0.714. The number of rotatable bonds is 3. The average Bonchev–Trinajstić information content (AvgIpc) is 3.09. The highest BCUT2D eigenvalue weighted by Gasteiger charge is 2.28. The molecule has 5 heteroatoms. The van der Waals surface area contributed by atoms with E-state index >= 15 is 0 Å². The van der Waals surface area contributed by atoms with Crippen molar-refractivity contribution in [2.24, 2.45) is 0 Å². The topological polar surface area (TPSA) is 59.4 Å². The van der Waals surface area contributed by atoms with E-state index < -0.39 is 0 Å². The van der Waals surface area contributed by atoms with Crippen molar-refractivity contribution in [1.82, 2.24) is 9.97 Å². The Bertz CT molecular complexity index is 500. The minimum absolute atomic E-state index is 0.0133. The number of H-pyrrole nitrogens is 1. The van der Waals surface area contributed by atoms with Gasteiger partial charge < -0.3 is 14.6 Å². The number of morpholine rings is 1.